The second-order valence-electron chi connectivity index (χ2n) is 5.34. The molecule has 1 unspecified atom stereocenters. The summed E-state index contributed by atoms with van der Waals surface area (Å²) in [7, 11) is 0. The largest absolute Gasteiger partial charge is 0.315 e. The van der Waals surface area contributed by atoms with Crippen LogP contribution in [0.15, 0.2) is 24.3 Å². The number of benzene rings is 1. The summed E-state index contributed by atoms with van der Waals surface area (Å²) in [6.45, 7) is 4.79. The fraction of sp³-hybridized carbons (Fsp3) is 0.600. The third kappa shape index (κ3) is 2.53. The van der Waals surface area contributed by atoms with Crippen molar-refractivity contribution in [3.63, 3.8) is 0 Å². The van der Waals surface area contributed by atoms with Gasteiger partial charge in [-0.05, 0) is 36.9 Å². The molecule has 92 valence electrons. The maximum atomic E-state index is 3.58. The monoisotopic (exact) mass is 230 g/mol. The zero-order valence-corrected chi connectivity index (χ0v) is 10.5. The molecule has 1 N–H and O–H groups in total. The average Bonchev–Trinajstić information content (AvgIpc) is 2.67. The summed E-state index contributed by atoms with van der Waals surface area (Å²) in [6.07, 6.45) is 5.33. The lowest BCUT2D eigenvalue weighted by Crippen LogP contribution is -2.43. The van der Waals surface area contributed by atoms with Crippen molar-refractivity contribution in [3.8, 4) is 0 Å². The molecule has 0 bridgehead atoms. The van der Waals surface area contributed by atoms with E-state index in [-0.39, 0.29) is 0 Å². The molecular weight excluding hydrogens is 208 g/mol. The molecule has 0 aliphatic carbocycles. The number of rotatable bonds is 1. The van der Waals surface area contributed by atoms with Crippen molar-refractivity contribution in [1.29, 1.82) is 0 Å². The topological polar surface area (TPSA) is 15.3 Å². The Labute approximate surface area is 104 Å². The first-order chi connectivity index (χ1) is 8.43. The first-order valence-electron chi connectivity index (χ1n) is 6.95. The molecule has 0 saturated carbocycles. The molecule has 2 aliphatic rings. The van der Waals surface area contributed by atoms with Gasteiger partial charge in [0.1, 0.15) is 0 Å². The van der Waals surface area contributed by atoms with E-state index < -0.39 is 0 Å². The lowest BCUT2D eigenvalue weighted by molar-refractivity contribution is 0.170. The molecule has 2 heterocycles. The Morgan fingerprint density at radius 3 is 2.94 bits per heavy atom. The molecule has 17 heavy (non-hydrogen) atoms. The second-order valence-corrected chi connectivity index (χ2v) is 5.34. The van der Waals surface area contributed by atoms with E-state index in [2.05, 4.69) is 34.5 Å². The van der Waals surface area contributed by atoms with Crippen LogP contribution in [0.25, 0.3) is 0 Å². The average molecular weight is 230 g/mol. The summed E-state index contributed by atoms with van der Waals surface area (Å²) >= 11 is 0. The van der Waals surface area contributed by atoms with Crippen LogP contribution >= 0.6 is 0 Å². The zero-order chi connectivity index (χ0) is 11.5. The van der Waals surface area contributed by atoms with Gasteiger partial charge in [0.25, 0.3) is 0 Å². The fourth-order valence-corrected chi connectivity index (χ4v) is 3.14. The summed E-state index contributed by atoms with van der Waals surface area (Å²) in [6, 6.07) is 9.68. The quantitative estimate of drug-likeness (QED) is 0.795. The lowest BCUT2D eigenvalue weighted by Gasteiger charge is -2.35. The molecule has 0 aromatic heterocycles. The van der Waals surface area contributed by atoms with E-state index in [1.54, 1.807) is 11.1 Å². The Morgan fingerprint density at radius 2 is 2.00 bits per heavy atom. The second kappa shape index (κ2) is 5.19. The highest BCUT2D eigenvalue weighted by Gasteiger charge is 2.23. The van der Waals surface area contributed by atoms with Crippen LogP contribution in [0.4, 0.5) is 0 Å². The van der Waals surface area contributed by atoms with Gasteiger partial charge in [-0.3, -0.25) is 4.90 Å². The Bertz CT molecular complexity index is 367. The highest BCUT2D eigenvalue weighted by atomic mass is 15.2. The summed E-state index contributed by atoms with van der Waals surface area (Å²) in [4.78, 5) is 2.68. The fourth-order valence-electron chi connectivity index (χ4n) is 3.14. The van der Waals surface area contributed by atoms with E-state index in [9.17, 15) is 0 Å². The van der Waals surface area contributed by atoms with Gasteiger partial charge < -0.3 is 5.32 Å². The highest BCUT2D eigenvalue weighted by Crippen LogP contribution is 2.22. The molecule has 1 aromatic rings. The van der Waals surface area contributed by atoms with Gasteiger partial charge in [-0.2, -0.15) is 0 Å². The van der Waals surface area contributed by atoms with Crippen LogP contribution in [0, 0.1) is 0 Å². The van der Waals surface area contributed by atoms with Crippen molar-refractivity contribution >= 4 is 0 Å². The Kier molecular flexibility index (Phi) is 3.44. The van der Waals surface area contributed by atoms with Crippen LogP contribution in [0.5, 0.6) is 0 Å². The molecule has 2 aliphatic heterocycles. The summed E-state index contributed by atoms with van der Waals surface area (Å²) < 4.78 is 0. The van der Waals surface area contributed by atoms with E-state index in [0.717, 1.165) is 12.6 Å². The van der Waals surface area contributed by atoms with Gasteiger partial charge in [-0.1, -0.05) is 30.7 Å². The number of hydrogen-bond acceptors (Lipinski definition) is 2. The van der Waals surface area contributed by atoms with Gasteiger partial charge in [-0.15, -0.1) is 0 Å². The maximum Gasteiger partial charge on any atom is 0.0240 e. The number of hydrogen-bond donors (Lipinski definition) is 1. The standard InChI is InChI=1S/C15H22N2/c1-2-6-14-12-17(10-8-13(14)5-1)15-7-3-4-9-16-11-15/h1-2,5-6,15-16H,3-4,7-12H2. The zero-order valence-electron chi connectivity index (χ0n) is 10.5. The number of fused-ring (bicyclic) bond motifs is 1. The van der Waals surface area contributed by atoms with Gasteiger partial charge in [0.15, 0.2) is 0 Å². The molecule has 1 aromatic carbocycles. The molecular formula is C15H22N2. The molecule has 1 saturated heterocycles. The Hall–Kier alpha value is -0.860. The van der Waals surface area contributed by atoms with E-state index in [1.807, 2.05) is 0 Å². The van der Waals surface area contributed by atoms with Crippen LogP contribution in [0.2, 0.25) is 0 Å². The predicted octanol–water partition coefficient (Wildman–Crippen LogP) is 2.19. The maximum absolute atomic E-state index is 3.58. The van der Waals surface area contributed by atoms with Gasteiger partial charge in [0, 0.05) is 25.7 Å². The van der Waals surface area contributed by atoms with Crippen LogP contribution in [-0.2, 0) is 13.0 Å². The van der Waals surface area contributed by atoms with Crippen molar-refractivity contribution in [3.05, 3.63) is 35.4 Å². The van der Waals surface area contributed by atoms with Crippen molar-refractivity contribution in [1.82, 2.24) is 10.2 Å². The molecule has 0 spiro atoms. The van der Waals surface area contributed by atoms with Crippen molar-refractivity contribution in [2.45, 2.75) is 38.3 Å². The van der Waals surface area contributed by atoms with E-state index >= 15 is 0 Å². The molecule has 0 amide bonds. The molecule has 1 fully saturated rings. The molecule has 3 rings (SSSR count). The Morgan fingerprint density at radius 1 is 1.12 bits per heavy atom. The minimum Gasteiger partial charge on any atom is -0.315 e. The normalized spacial score (nSPS) is 26.2. The SMILES string of the molecule is c1ccc2c(c1)CCN(C1CCCCNC1)C2. The van der Waals surface area contributed by atoms with E-state index in [1.165, 1.54) is 45.3 Å². The third-order valence-corrected chi connectivity index (χ3v) is 4.20. The molecule has 2 heteroatoms. The summed E-state index contributed by atoms with van der Waals surface area (Å²) in [5.74, 6) is 0. The van der Waals surface area contributed by atoms with Crippen LogP contribution in [0.1, 0.15) is 30.4 Å². The summed E-state index contributed by atoms with van der Waals surface area (Å²) in [5, 5.41) is 3.58. The third-order valence-electron chi connectivity index (χ3n) is 4.20. The first kappa shape index (κ1) is 11.2. The molecule has 0 radical (unpaired) electrons. The van der Waals surface area contributed by atoms with Crippen molar-refractivity contribution in [2.75, 3.05) is 19.6 Å². The van der Waals surface area contributed by atoms with E-state index in [0.29, 0.717) is 0 Å². The molecule has 2 nitrogen and oxygen atoms in total. The van der Waals surface area contributed by atoms with E-state index in [4.69, 9.17) is 0 Å². The van der Waals surface area contributed by atoms with Crippen molar-refractivity contribution in [2.24, 2.45) is 0 Å². The smallest absolute Gasteiger partial charge is 0.0240 e. The molecule has 1 atom stereocenters. The van der Waals surface area contributed by atoms with Crippen molar-refractivity contribution < 1.29 is 0 Å². The summed E-state index contributed by atoms with van der Waals surface area (Å²) in [5.41, 5.74) is 3.10. The predicted molar refractivity (Wildman–Crippen MR) is 71.1 cm³/mol. The Balaban J connectivity index is 1.70. The highest BCUT2D eigenvalue weighted by molar-refractivity contribution is 5.29. The van der Waals surface area contributed by atoms with Gasteiger partial charge >= 0.3 is 0 Å². The van der Waals surface area contributed by atoms with Crippen LogP contribution in [0.3, 0.4) is 0 Å². The minimum absolute atomic E-state index is 0.755. The van der Waals surface area contributed by atoms with Crippen LogP contribution < -0.4 is 5.32 Å². The van der Waals surface area contributed by atoms with Gasteiger partial charge in [0.2, 0.25) is 0 Å². The lowest BCUT2D eigenvalue weighted by atomic mass is 9.97. The van der Waals surface area contributed by atoms with Gasteiger partial charge in [-0.25, -0.2) is 0 Å². The number of nitrogens with one attached hydrogen (secondary N) is 1. The number of nitrogens with zero attached hydrogens (tertiary/aromatic N) is 1. The van der Waals surface area contributed by atoms with Crippen LogP contribution in [-0.4, -0.2) is 30.6 Å². The first-order valence-corrected chi connectivity index (χ1v) is 6.95. The van der Waals surface area contributed by atoms with Gasteiger partial charge in [0.05, 0.1) is 0 Å². The minimum atomic E-state index is 0.755.